The van der Waals surface area contributed by atoms with Gasteiger partial charge in [0.05, 0.1) is 12.5 Å². The van der Waals surface area contributed by atoms with E-state index in [1.165, 1.54) is 47.1 Å². The maximum Gasteiger partial charge on any atom is 0.311 e. The van der Waals surface area contributed by atoms with Crippen LogP contribution >= 0.6 is 0 Å². The minimum atomic E-state index is -0.461. The third-order valence-electron chi connectivity index (χ3n) is 17.4. The van der Waals surface area contributed by atoms with Crippen LogP contribution in [0.3, 0.4) is 0 Å². The van der Waals surface area contributed by atoms with E-state index in [4.69, 9.17) is 14.2 Å². The van der Waals surface area contributed by atoms with Gasteiger partial charge in [-0.05, 0) is 142 Å². The highest BCUT2D eigenvalue weighted by atomic mass is 16.6. The Hall–Kier alpha value is -2.49. The Morgan fingerprint density at radius 1 is 0.939 bits per heavy atom. The smallest absolute Gasteiger partial charge is 0.311 e. The van der Waals surface area contributed by atoms with Crippen molar-refractivity contribution in [2.45, 2.75) is 150 Å². The van der Waals surface area contributed by atoms with Crippen molar-refractivity contribution in [1.29, 1.82) is 0 Å². The number of methoxy groups -OCH3 is 1. The van der Waals surface area contributed by atoms with E-state index in [9.17, 15) is 4.79 Å². The number of ether oxygens (including phenoxy) is 3. The molecule has 266 valence electrons. The average molecular weight is 667 g/mol. The van der Waals surface area contributed by atoms with E-state index < -0.39 is 16.6 Å². The van der Waals surface area contributed by atoms with Gasteiger partial charge in [-0.15, -0.1) is 0 Å². The molecule has 0 radical (unpaired) electrons. The second kappa shape index (κ2) is 10.3. The van der Waals surface area contributed by atoms with Gasteiger partial charge >= 0.3 is 5.97 Å². The van der Waals surface area contributed by atoms with Crippen LogP contribution in [0, 0.1) is 52.3 Å². The van der Waals surface area contributed by atoms with Gasteiger partial charge in [0.25, 0.3) is 0 Å². The van der Waals surface area contributed by atoms with Crippen molar-refractivity contribution in [1.82, 2.24) is 0 Å². The van der Waals surface area contributed by atoms with Crippen LogP contribution in [-0.4, -0.2) is 24.3 Å². The van der Waals surface area contributed by atoms with Gasteiger partial charge in [0.1, 0.15) is 0 Å². The van der Waals surface area contributed by atoms with E-state index in [1.54, 1.807) is 7.11 Å². The number of rotatable bonds is 2. The second-order valence-corrected chi connectivity index (χ2v) is 19.6. The van der Waals surface area contributed by atoms with E-state index in [-0.39, 0.29) is 27.6 Å². The molecule has 1 aromatic carbocycles. The summed E-state index contributed by atoms with van der Waals surface area (Å²) >= 11 is 0. The quantitative estimate of drug-likeness (QED) is 0.233. The number of hydrogen-bond acceptors (Lipinski definition) is 4. The molecule has 49 heavy (non-hydrogen) atoms. The lowest BCUT2D eigenvalue weighted by molar-refractivity contribution is -0.205. The summed E-state index contributed by atoms with van der Waals surface area (Å²) in [6.07, 6.45) is 19.3. The van der Waals surface area contributed by atoms with Crippen LogP contribution in [0.1, 0.15) is 143 Å². The Kier molecular flexibility index (Phi) is 7.08. The van der Waals surface area contributed by atoms with Crippen LogP contribution in [0.2, 0.25) is 0 Å². The molecule has 4 heteroatoms. The van der Waals surface area contributed by atoms with E-state index in [0.717, 1.165) is 62.9 Å². The Balaban J connectivity index is 1.21. The van der Waals surface area contributed by atoms with Crippen molar-refractivity contribution in [3.8, 4) is 11.5 Å². The summed E-state index contributed by atoms with van der Waals surface area (Å²) in [5.74, 6) is 3.59. The van der Waals surface area contributed by atoms with Gasteiger partial charge in [-0.1, -0.05) is 65.0 Å². The fraction of sp³-hybridized carbons (Fsp3) is 0.711. The van der Waals surface area contributed by atoms with Gasteiger partial charge < -0.3 is 14.2 Å². The van der Waals surface area contributed by atoms with Gasteiger partial charge in [0, 0.05) is 29.7 Å². The van der Waals surface area contributed by atoms with Gasteiger partial charge in [-0.2, -0.15) is 0 Å². The number of esters is 1. The summed E-state index contributed by atoms with van der Waals surface area (Å²) < 4.78 is 20.4. The SMILES string of the molecule is C=C(C)C1CCC(C)[C@@]23CC=C(C)[C@]2(C1)Oc1c(cc2c(c1C)C=CC1[C@@]2(C)CC[C@@]2(C)C4C[C@](C)(C(=O)OC)CC[C@]4(C)CC[C@]12C)O3. The minimum Gasteiger partial charge on any atom is -0.478 e. The molecule has 1 aromatic rings. The fourth-order valence-corrected chi connectivity index (χ4v) is 13.7. The van der Waals surface area contributed by atoms with E-state index in [1.807, 2.05) is 0 Å². The molecule has 6 aliphatic carbocycles. The highest BCUT2D eigenvalue weighted by Crippen LogP contribution is 2.75. The predicted octanol–water partition coefficient (Wildman–Crippen LogP) is 11.1. The molecule has 7 aliphatic rings. The zero-order chi connectivity index (χ0) is 35.2. The first-order chi connectivity index (χ1) is 22.9. The lowest BCUT2D eigenvalue weighted by Gasteiger charge is -2.71. The number of allylic oxidation sites excluding steroid dienone is 2. The topological polar surface area (TPSA) is 44.8 Å². The number of carbonyl (C=O) groups is 1. The molecule has 11 atom stereocenters. The van der Waals surface area contributed by atoms with Crippen molar-refractivity contribution in [2.24, 2.45) is 45.3 Å². The van der Waals surface area contributed by atoms with Crippen LogP contribution in [0.25, 0.3) is 6.08 Å². The first-order valence-electron chi connectivity index (χ1n) is 19.6. The highest BCUT2D eigenvalue weighted by molar-refractivity contribution is 5.76. The number of hydrogen-bond donors (Lipinski definition) is 0. The van der Waals surface area contributed by atoms with E-state index in [0.29, 0.717) is 23.7 Å². The maximum absolute atomic E-state index is 13.2. The molecular formula is C45H62O4. The molecule has 1 aliphatic heterocycles. The van der Waals surface area contributed by atoms with Crippen molar-refractivity contribution >= 4 is 12.0 Å². The molecule has 4 saturated carbocycles. The molecule has 0 spiro atoms. The number of fused-ring (bicyclic) bond motifs is 8. The summed E-state index contributed by atoms with van der Waals surface area (Å²) in [5.41, 5.74) is 5.86. The molecule has 1 heterocycles. The first kappa shape index (κ1) is 33.6. The van der Waals surface area contributed by atoms with E-state index in [2.05, 4.69) is 93.2 Å². The van der Waals surface area contributed by atoms with E-state index >= 15 is 0 Å². The second-order valence-electron chi connectivity index (χ2n) is 19.6. The van der Waals surface area contributed by atoms with Crippen LogP contribution in [0.5, 0.6) is 11.5 Å². The van der Waals surface area contributed by atoms with Gasteiger partial charge in [-0.3, -0.25) is 4.79 Å². The zero-order valence-corrected chi connectivity index (χ0v) is 32.2. The minimum absolute atomic E-state index is 0.00822. The molecule has 4 nitrogen and oxygen atoms in total. The lowest BCUT2D eigenvalue weighted by Crippen LogP contribution is -2.65. The van der Waals surface area contributed by atoms with Gasteiger partial charge in [0.15, 0.2) is 22.7 Å². The number of benzene rings is 1. The average Bonchev–Trinajstić information content (AvgIpc) is 3.27. The lowest BCUT2D eigenvalue weighted by atomic mass is 9.33. The molecule has 0 aromatic heterocycles. The Morgan fingerprint density at radius 3 is 2.37 bits per heavy atom. The Morgan fingerprint density at radius 2 is 1.65 bits per heavy atom. The van der Waals surface area contributed by atoms with Gasteiger partial charge in [-0.25, -0.2) is 0 Å². The summed E-state index contributed by atoms with van der Waals surface area (Å²) in [6.45, 7) is 26.1. The van der Waals surface area contributed by atoms with Gasteiger partial charge in [0.2, 0.25) is 0 Å². The fourth-order valence-electron chi connectivity index (χ4n) is 13.7. The van der Waals surface area contributed by atoms with Crippen molar-refractivity contribution in [3.63, 3.8) is 0 Å². The molecule has 4 fully saturated rings. The summed E-state index contributed by atoms with van der Waals surface area (Å²) in [7, 11) is 1.57. The molecule has 0 bridgehead atoms. The molecule has 4 unspecified atom stereocenters. The van der Waals surface area contributed by atoms with Crippen LogP contribution < -0.4 is 9.47 Å². The third kappa shape index (κ3) is 4.01. The Labute approximate surface area is 296 Å². The molecule has 0 amide bonds. The molecule has 0 saturated heterocycles. The van der Waals surface area contributed by atoms with Crippen LogP contribution in [0.4, 0.5) is 0 Å². The number of carbonyl (C=O) groups excluding carboxylic acids is 1. The van der Waals surface area contributed by atoms with Crippen molar-refractivity contribution in [3.05, 3.63) is 52.6 Å². The molecular weight excluding hydrogens is 604 g/mol. The largest absolute Gasteiger partial charge is 0.478 e. The predicted molar refractivity (Wildman–Crippen MR) is 198 cm³/mol. The third-order valence-corrected chi connectivity index (χ3v) is 17.4. The summed E-state index contributed by atoms with van der Waals surface area (Å²) in [6, 6.07) is 2.43. The van der Waals surface area contributed by atoms with Crippen molar-refractivity contribution in [2.75, 3.05) is 7.11 Å². The monoisotopic (exact) mass is 666 g/mol. The normalized spacial score (nSPS) is 47.6. The zero-order valence-electron chi connectivity index (χ0n) is 32.2. The van der Waals surface area contributed by atoms with Crippen molar-refractivity contribution < 1.29 is 19.0 Å². The van der Waals surface area contributed by atoms with Crippen LogP contribution in [-0.2, 0) is 14.9 Å². The molecule has 0 N–H and O–H groups in total. The summed E-state index contributed by atoms with van der Waals surface area (Å²) in [4.78, 5) is 13.2. The highest BCUT2D eigenvalue weighted by Gasteiger charge is 2.69. The maximum atomic E-state index is 13.2. The summed E-state index contributed by atoms with van der Waals surface area (Å²) in [5, 5.41) is 0. The van der Waals surface area contributed by atoms with Crippen LogP contribution in [0.15, 0.2) is 35.9 Å². The first-order valence-corrected chi connectivity index (χ1v) is 19.6. The Bertz CT molecular complexity index is 1700. The molecule has 8 rings (SSSR count). The standard InChI is InChI=1S/C45H62O4/c1-27(2)31-13-12-28(3)44-17-16-29(4)45(44,25-31)49-37-30(5)32-14-15-35-41(8,33(32)24-34(37)48-44)21-23-43(10)36-26-40(7,38(46)47-11)19-18-39(36,6)20-22-42(35,43)9/h14-16,24,28,31,35-36H,1,12-13,17-23,25-26H2,2-11H3/t28?,31?,35?,36?,39-,40-,41+,42-,43+,44+,45+/m1/s1.